The number of likely N-dealkylation sites (N-methyl/N-ethyl adjacent to an activating group) is 1. The number of esters is 1. The third kappa shape index (κ3) is 48.5. The third-order valence-electron chi connectivity index (χ3n) is 12.0. The van der Waals surface area contributed by atoms with Crippen molar-refractivity contribution in [3.8, 4) is 0 Å². The molecule has 1 amide bonds. The van der Waals surface area contributed by atoms with E-state index in [1.807, 2.05) is 33.3 Å². The number of carbonyl (C=O) groups is 2. The number of phosphoric acid groups is 1. The Morgan fingerprint density at radius 1 is 0.544 bits per heavy atom. The summed E-state index contributed by atoms with van der Waals surface area (Å²) in [5, 5.41) is 3.04. The zero-order valence-electron chi connectivity index (χ0n) is 44.8. The van der Waals surface area contributed by atoms with Crippen LogP contribution >= 0.6 is 7.82 Å². The van der Waals surface area contributed by atoms with E-state index in [4.69, 9.17) is 13.8 Å². The third-order valence-corrected chi connectivity index (χ3v) is 12.9. The van der Waals surface area contributed by atoms with Crippen LogP contribution in [0.1, 0.15) is 233 Å². The van der Waals surface area contributed by atoms with Crippen LogP contribution in [0, 0.1) is 0 Å². The van der Waals surface area contributed by atoms with Gasteiger partial charge in [0, 0.05) is 12.8 Å². The van der Waals surface area contributed by atoms with Crippen LogP contribution in [0.4, 0.5) is 0 Å². The van der Waals surface area contributed by atoms with Crippen molar-refractivity contribution in [2.75, 3.05) is 40.9 Å². The van der Waals surface area contributed by atoms with Crippen molar-refractivity contribution >= 4 is 19.7 Å². The molecule has 9 nitrogen and oxygen atoms in total. The quantitative estimate of drug-likeness (QED) is 0.0156. The van der Waals surface area contributed by atoms with Gasteiger partial charge in [-0.2, -0.15) is 0 Å². The van der Waals surface area contributed by atoms with Gasteiger partial charge in [0.05, 0.1) is 33.8 Å². The summed E-state index contributed by atoms with van der Waals surface area (Å²) in [5.41, 5.74) is 0. The number of nitrogens with zero attached hydrogens (tertiary/aromatic N) is 1. The summed E-state index contributed by atoms with van der Waals surface area (Å²) in [5.74, 6) is -0.531. The van der Waals surface area contributed by atoms with E-state index in [1.165, 1.54) is 96.3 Å². The summed E-state index contributed by atoms with van der Waals surface area (Å²) >= 11 is 0. The first kappa shape index (κ1) is 65.5. The molecule has 0 aromatic heterocycles. The molecule has 0 aliphatic carbocycles. The second-order valence-corrected chi connectivity index (χ2v) is 21.2. The van der Waals surface area contributed by atoms with Gasteiger partial charge in [0.15, 0.2) is 0 Å². The maximum absolute atomic E-state index is 13.5. The van der Waals surface area contributed by atoms with Gasteiger partial charge < -0.3 is 19.4 Å². The molecule has 0 aliphatic heterocycles. The zero-order chi connectivity index (χ0) is 50.1. The number of unbranched alkanes of at least 4 members (excludes halogenated alkanes) is 25. The summed E-state index contributed by atoms with van der Waals surface area (Å²) in [4.78, 5) is 37.5. The second-order valence-electron chi connectivity index (χ2n) is 19.8. The van der Waals surface area contributed by atoms with E-state index < -0.39 is 20.0 Å². The minimum atomic E-state index is -4.45. The molecule has 0 aromatic rings. The fourth-order valence-corrected chi connectivity index (χ4v) is 8.42. The first-order valence-corrected chi connectivity index (χ1v) is 29.3. The molecule has 0 spiro atoms. The molecule has 0 fully saturated rings. The predicted octanol–water partition coefficient (Wildman–Crippen LogP) is 16.5. The highest BCUT2D eigenvalue weighted by Gasteiger charge is 2.30. The number of quaternary nitrogens is 1. The number of hydrogen-bond donors (Lipinski definition) is 2. The van der Waals surface area contributed by atoms with Crippen LogP contribution < -0.4 is 5.32 Å². The highest BCUT2D eigenvalue weighted by Crippen LogP contribution is 2.43. The normalized spacial score (nSPS) is 14.4. The Balaban J connectivity index is 5.42. The summed E-state index contributed by atoms with van der Waals surface area (Å²) in [6, 6.07) is -0.859. The maximum Gasteiger partial charge on any atom is 0.472 e. The van der Waals surface area contributed by atoms with Crippen LogP contribution in [0.3, 0.4) is 0 Å². The van der Waals surface area contributed by atoms with Gasteiger partial charge in [-0.25, -0.2) is 4.57 Å². The fraction of sp³-hybridized carbons (Fsp3) is 0.759. The molecule has 10 heteroatoms. The Morgan fingerprint density at radius 2 is 1.01 bits per heavy atom. The molecule has 3 atom stereocenters. The van der Waals surface area contributed by atoms with Gasteiger partial charge in [-0.1, -0.05) is 216 Å². The van der Waals surface area contributed by atoms with E-state index >= 15 is 0 Å². The van der Waals surface area contributed by atoms with Gasteiger partial charge >= 0.3 is 13.8 Å². The van der Waals surface area contributed by atoms with Crippen LogP contribution in [0.25, 0.3) is 0 Å². The van der Waals surface area contributed by atoms with E-state index in [-0.39, 0.29) is 31.5 Å². The lowest BCUT2D eigenvalue weighted by atomic mass is 10.0. The van der Waals surface area contributed by atoms with Gasteiger partial charge in [0.25, 0.3) is 0 Å². The van der Waals surface area contributed by atoms with E-state index in [9.17, 15) is 19.0 Å². The van der Waals surface area contributed by atoms with Crippen molar-refractivity contribution < 1.29 is 37.3 Å². The smallest absolute Gasteiger partial charge is 0.456 e. The van der Waals surface area contributed by atoms with Crippen molar-refractivity contribution in [2.45, 2.75) is 245 Å². The Bertz CT molecular complexity index is 1400. The number of amides is 1. The molecule has 0 radical (unpaired) electrons. The van der Waals surface area contributed by atoms with Crippen molar-refractivity contribution in [3.63, 3.8) is 0 Å². The monoisotopic (exact) mass is 974 g/mol. The maximum atomic E-state index is 13.5. The molecular formula is C58H106N2O7P+. The molecule has 0 heterocycles. The number of phosphoric ester groups is 1. The van der Waals surface area contributed by atoms with E-state index in [0.717, 1.165) is 103 Å². The van der Waals surface area contributed by atoms with Gasteiger partial charge in [0.1, 0.15) is 19.3 Å². The number of hydrogen-bond acceptors (Lipinski definition) is 6. The lowest BCUT2D eigenvalue weighted by Gasteiger charge is -2.27. The lowest BCUT2D eigenvalue weighted by molar-refractivity contribution is -0.870. The summed E-state index contributed by atoms with van der Waals surface area (Å²) in [7, 11) is 1.47. The number of nitrogens with one attached hydrogen (secondary N) is 1. The molecule has 2 N–H and O–H groups in total. The number of carbonyl (C=O) groups excluding carboxylic acids is 2. The van der Waals surface area contributed by atoms with E-state index in [2.05, 4.69) is 86.8 Å². The fourth-order valence-electron chi connectivity index (χ4n) is 7.68. The van der Waals surface area contributed by atoms with Gasteiger partial charge in [-0.05, 0) is 76.7 Å². The summed E-state index contributed by atoms with van der Waals surface area (Å²) in [6.07, 6.45) is 60.3. The van der Waals surface area contributed by atoms with Crippen LogP contribution in [0.5, 0.6) is 0 Å². The molecule has 68 heavy (non-hydrogen) atoms. The van der Waals surface area contributed by atoms with Crippen molar-refractivity contribution in [1.29, 1.82) is 0 Å². The molecule has 0 rings (SSSR count). The highest BCUT2D eigenvalue weighted by molar-refractivity contribution is 7.47. The number of allylic oxidation sites excluding steroid dienone is 11. The molecule has 0 saturated heterocycles. The van der Waals surface area contributed by atoms with Gasteiger partial charge in [-0.15, -0.1) is 0 Å². The molecule has 394 valence electrons. The Labute approximate surface area is 419 Å². The lowest BCUT2D eigenvalue weighted by Crippen LogP contribution is -2.47. The van der Waals surface area contributed by atoms with Crippen LogP contribution in [0.15, 0.2) is 72.9 Å². The Kier molecular flexibility index (Phi) is 46.3. The van der Waals surface area contributed by atoms with Crippen LogP contribution in [-0.2, 0) is 27.9 Å². The first-order chi connectivity index (χ1) is 32.9. The molecule has 0 aliphatic rings. The van der Waals surface area contributed by atoms with Crippen molar-refractivity contribution in [1.82, 2.24) is 5.32 Å². The van der Waals surface area contributed by atoms with Gasteiger partial charge in [-0.3, -0.25) is 18.6 Å². The molecule has 3 unspecified atom stereocenters. The zero-order valence-corrected chi connectivity index (χ0v) is 45.7. The van der Waals surface area contributed by atoms with Crippen molar-refractivity contribution in [2.24, 2.45) is 0 Å². The van der Waals surface area contributed by atoms with E-state index in [1.54, 1.807) is 0 Å². The van der Waals surface area contributed by atoms with Gasteiger partial charge in [0.2, 0.25) is 5.91 Å². The van der Waals surface area contributed by atoms with Crippen LogP contribution in [-0.4, -0.2) is 74.3 Å². The van der Waals surface area contributed by atoms with E-state index in [0.29, 0.717) is 17.4 Å². The number of rotatable bonds is 49. The standard InChI is InChI=1S/C58H105N2O7P/c1-7-10-13-16-19-22-25-28-30-32-35-38-41-44-47-50-57(61)59-55(54-66-68(63,64)65-53-52-60(4,5)6)56(49-46-43-40-37-34-31-27-24-21-18-15-12-9-3)67-58(62)51-48-45-42-39-36-33-29-26-23-20-17-14-11-8-2/h10-11,13-14,16,19-20,22-23,25,46,49,55-56H,7-9,12,15,17-18,21,24,26-45,47-48,50-54H2,1-6H3,(H-,59,61,63,64)/p+1/b13-10+,14-11+,19-16+,23-20+,25-22+,49-46+. The topological polar surface area (TPSA) is 111 Å². The molecular weight excluding hydrogens is 868 g/mol. The van der Waals surface area contributed by atoms with Crippen molar-refractivity contribution in [3.05, 3.63) is 72.9 Å². The molecule has 0 saturated carbocycles. The summed E-state index contributed by atoms with van der Waals surface area (Å²) < 4.78 is 30.6. The average Bonchev–Trinajstić information content (AvgIpc) is 3.29. The average molecular weight is 974 g/mol. The van der Waals surface area contributed by atoms with Crippen LogP contribution in [0.2, 0.25) is 0 Å². The minimum absolute atomic E-state index is 0.0337. The largest absolute Gasteiger partial charge is 0.472 e. The highest BCUT2D eigenvalue weighted by atomic mass is 31.2. The minimum Gasteiger partial charge on any atom is -0.456 e. The Morgan fingerprint density at radius 3 is 1.56 bits per heavy atom. The molecule has 0 aromatic carbocycles. The first-order valence-electron chi connectivity index (χ1n) is 27.8. The molecule has 0 bridgehead atoms. The number of ether oxygens (including phenoxy) is 1. The Hall–Kier alpha value is -2.55. The predicted molar refractivity (Wildman–Crippen MR) is 291 cm³/mol. The SMILES string of the molecule is CC/C=C/C=C/C=C/CCCCCCCCCC(=O)NC(COP(=O)(O)OCC[N+](C)(C)C)C(/C=C/CCCCCCCCCCCCC)OC(=O)CCCCCCCCC/C=C/C/C=C/CC. The summed E-state index contributed by atoms with van der Waals surface area (Å²) in [6.45, 7) is 6.75. The second kappa shape index (κ2) is 48.1.